The van der Waals surface area contributed by atoms with Crippen LogP contribution in [0.15, 0.2) is 36.5 Å². The monoisotopic (exact) mass is 476 g/mol. The first-order chi connectivity index (χ1) is 16.7. The molecule has 1 N–H and O–H groups in total. The van der Waals surface area contributed by atoms with Crippen LogP contribution in [0.25, 0.3) is 32.5 Å². The van der Waals surface area contributed by atoms with Crippen LogP contribution in [0.4, 0.5) is 5.82 Å². The van der Waals surface area contributed by atoms with Gasteiger partial charge in [-0.1, -0.05) is 18.2 Å². The van der Waals surface area contributed by atoms with Crippen molar-refractivity contribution in [3.8, 4) is 11.4 Å². The molecule has 0 radical (unpaired) electrons. The Hall–Kier alpha value is -2.52. The third kappa shape index (κ3) is 4.20. The zero-order valence-corrected chi connectivity index (χ0v) is 20.8. The van der Waals surface area contributed by atoms with Crippen molar-refractivity contribution in [2.75, 3.05) is 58.4 Å². The summed E-state index contributed by atoms with van der Waals surface area (Å²) in [6, 6.07) is 11.4. The van der Waals surface area contributed by atoms with Gasteiger partial charge in [0.15, 0.2) is 11.6 Å². The van der Waals surface area contributed by atoms with Gasteiger partial charge in [-0.2, -0.15) is 0 Å². The molecule has 2 aliphatic rings. The highest BCUT2D eigenvalue weighted by atomic mass is 32.1. The summed E-state index contributed by atoms with van der Waals surface area (Å²) in [4.78, 5) is 22.3. The molecule has 6 rings (SSSR count). The van der Waals surface area contributed by atoms with E-state index in [-0.39, 0.29) is 0 Å². The predicted molar refractivity (Wildman–Crippen MR) is 140 cm³/mol. The third-order valence-corrected chi connectivity index (χ3v) is 8.32. The molecule has 0 amide bonds. The summed E-state index contributed by atoms with van der Waals surface area (Å²) in [6.45, 7) is 6.51. The van der Waals surface area contributed by atoms with E-state index >= 15 is 0 Å². The Bertz CT molecular complexity index is 1280. The molecular weight excluding hydrogens is 444 g/mol. The number of hydrogen-bond acceptors (Lipinski definition) is 7. The van der Waals surface area contributed by atoms with Gasteiger partial charge in [0.25, 0.3) is 0 Å². The number of aromatic nitrogens is 3. The second-order valence-electron chi connectivity index (χ2n) is 9.62. The molecule has 34 heavy (non-hydrogen) atoms. The number of aromatic amines is 1. The van der Waals surface area contributed by atoms with E-state index in [1.54, 1.807) is 0 Å². The SMILES string of the molecule is CN(C)C1CCN(Cc2cc3nc(-c4c[nH]c5ccccc45)nc(N4CCOCC4)c3s2)CC1. The zero-order chi connectivity index (χ0) is 23.1. The molecule has 3 aromatic heterocycles. The lowest BCUT2D eigenvalue weighted by Crippen LogP contribution is -2.41. The Kier molecular flexibility index (Phi) is 5.99. The number of likely N-dealkylation sites (tertiary alicyclic amines) is 1. The number of thiophene rings is 1. The predicted octanol–water partition coefficient (Wildman–Crippen LogP) is 4.20. The Morgan fingerprint density at radius 3 is 2.68 bits per heavy atom. The maximum atomic E-state index is 5.63. The summed E-state index contributed by atoms with van der Waals surface area (Å²) in [5, 5.41) is 1.16. The Morgan fingerprint density at radius 1 is 1.09 bits per heavy atom. The van der Waals surface area contributed by atoms with Crippen LogP contribution in [0.1, 0.15) is 17.7 Å². The minimum atomic E-state index is 0.705. The van der Waals surface area contributed by atoms with Gasteiger partial charge >= 0.3 is 0 Å². The lowest BCUT2D eigenvalue weighted by Gasteiger charge is -2.34. The maximum absolute atomic E-state index is 5.63. The number of benzene rings is 1. The van der Waals surface area contributed by atoms with Crippen molar-refractivity contribution in [1.82, 2.24) is 24.8 Å². The van der Waals surface area contributed by atoms with Gasteiger partial charge in [0.1, 0.15) is 0 Å². The van der Waals surface area contributed by atoms with Crippen molar-refractivity contribution in [1.29, 1.82) is 0 Å². The number of H-pyrrole nitrogens is 1. The van der Waals surface area contributed by atoms with Crippen LogP contribution in [0.2, 0.25) is 0 Å². The van der Waals surface area contributed by atoms with E-state index in [4.69, 9.17) is 14.7 Å². The standard InChI is InChI=1S/C26H32N6OS/c1-30(2)18-7-9-31(10-8-18)17-19-15-23-24(34-19)26(32-11-13-33-14-12-32)29-25(28-23)21-16-27-22-6-4-3-5-20(21)22/h3-6,15-16,18,27H,7-14,17H2,1-2H3. The van der Waals surface area contributed by atoms with E-state index in [0.29, 0.717) is 6.04 Å². The number of ether oxygens (including phenoxy) is 1. The summed E-state index contributed by atoms with van der Waals surface area (Å²) in [5.41, 5.74) is 3.23. The molecule has 2 aliphatic heterocycles. The molecule has 4 aromatic rings. The fourth-order valence-corrected chi connectivity index (χ4v) is 6.38. The molecule has 0 bridgehead atoms. The van der Waals surface area contributed by atoms with Crippen molar-refractivity contribution in [2.45, 2.75) is 25.4 Å². The van der Waals surface area contributed by atoms with Crippen LogP contribution in [-0.2, 0) is 11.3 Å². The van der Waals surface area contributed by atoms with Gasteiger partial charge < -0.3 is 19.5 Å². The Morgan fingerprint density at radius 2 is 1.88 bits per heavy atom. The van der Waals surface area contributed by atoms with Gasteiger partial charge in [-0.15, -0.1) is 11.3 Å². The van der Waals surface area contributed by atoms with Crippen LogP contribution in [0.3, 0.4) is 0 Å². The van der Waals surface area contributed by atoms with E-state index in [0.717, 1.165) is 79.6 Å². The second-order valence-corrected chi connectivity index (χ2v) is 10.8. The molecule has 8 heteroatoms. The number of nitrogens with one attached hydrogen (secondary N) is 1. The number of para-hydroxylation sites is 1. The molecular formula is C26H32N6OS. The maximum Gasteiger partial charge on any atom is 0.164 e. The van der Waals surface area contributed by atoms with Gasteiger partial charge in [0.05, 0.1) is 23.4 Å². The number of nitrogens with zero attached hydrogens (tertiary/aromatic N) is 5. The highest BCUT2D eigenvalue weighted by Crippen LogP contribution is 2.36. The van der Waals surface area contributed by atoms with Gasteiger partial charge in [-0.25, -0.2) is 9.97 Å². The van der Waals surface area contributed by atoms with Gasteiger partial charge in [0, 0.05) is 66.3 Å². The smallest absolute Gasteiger partial charge is 0.164 e. The summed E-state index contributed by atoms with van der Waals surface area (Å²) < 4.78 is 6.83. The number of rotatable bonds is 5. The lowest BCUT2D eigenvalue weighted by molar-refractivity contribution is 0.122. The Labute approximate surface area is 204 Å². The first kappa shape index (κ1) is 22.0. The minimum Gasteiger partial charge on any atom is -0.378 e. The van der Waals surface area contributed by atoms with Crippen LogP contribution < -0.4 is 4.90 Å². The molecule has 0 unspecified atom stereocenters. The van der Waals surface area contributed by atoms with Gasteiger partial charge in [-0.3, -0.25) is 4.90 Å². The van der Waals surface area contributed by atoms with Crippen LogP contribution in [0, 0.1) is 0 Å². The highest BCUT2D eigenvalue weighted by molar-refractivity contribution is 7.19. The lowest BCUT2D eigenvalue weighted by atomic mass is 10.0. The number of hydrogen-bond donors (Lipinski definition) is 1. The average Bonchev–Trinajstić information content (AvgIpc) is 3.48. The molecule has 0 aliphatic carbocycles. The zero-order valence-electron chi connectivity index (χ0n) is 20.0. The number of morpholine rings is 1. The normalized spacial score (nSPS) is 18.5. The van der Waals surface area contributed by atoms with E-state index in [2.05, 4.69) is 64.1 Å². The van der Waals surface area contributed by atoms with Crippen LogP contribution in [-0.4, -0.2) is 84.3 Å². The molecule has 0 spiro atoms. The summed E-state index contributed by atoms with van der Waals surface area (Å²) in [6.07, 6.45) is 4.51. The fourth-order valence-electron chi connectivity index (χ4n) is 5.22. The molecule has 178 valence electrons. The van der Waals surface area contributed by atoms with E-state index in [9.17, 15) is 0 Å². The number of piperidine rings is 1. The van der Waals surface area contributed by atoms with Crippen molar-refractivity contribution in [3.63, 3.8) is 0 Å². The summed E-state index contributed by atoms with van der Waals surface area (Å²) >= 11 is 1.86. The number of fused-ring (bicyclic) bond motifs is 2. The molecule has 2 saturated heterocycles. The van der Waals surface area contributed by atoms with E-state index < -0.39 is 0 Å². The Balaban J connectivity index is 1.36. The quantitative estimate of drug-likeness (QED) is 0.466. The highest BCUT2D eigenvalue weighted by Gasteiger charge is 2.24. The first-order valence-electron chi connectivity index (χ1n) is 12.2. The summed E-state index contributed by atoms with van der Waals surface area (Å²) in [5.74, 6) is 1.85. The van der Waals surface area contributed by atoms with Crippen LogP contribution >= 0.6 is 11.3 Å². The van der Waals surface area contributed by atoms with Crippen molar-refractivity contribution in [2.24, 2.45) is 0 Å². The molecule has 0 atom stereocenters. The van der Waals surface area contributed by atoms with Gasteiger partial charge in [-0.05, 0) is 39.1 Å². The average molecular weight is 477 g/mol. The van der Waals surface area contributed by atoms with Crippen molar-refractivity contribution < 1.29 is 4.74 Å². The largest absolute Gasteiger partial charge is 0.378 e. The molecule has 1 aromatic carbocycles. The molecule has 7 nitrogen and oxygen atoms in total. The summed E-state index contributed by atoms with van der Waals surface area (Å²) in [7, 11) is 4.40. The first-order valence-corrected chi connectivity index (χ1v) is 13.1. The molecule has 2 fully saturated rings. The van der Waals surface area contributed by atoms with Crippen LogP contribution in [0.5, 0.6) is 0 Å². The van der Waals surface area contributed by atoms with Crippen molar-refractivity contribution in [3.05, 3.63) is 41.4 Å². The second kappa shape index (κ2) is 9.26. The molecule has 0 saturated carbocycles. The topological polar surface area (TPSA) is 60.5 Å². The minimum absolute atomic E-state index is 0.705. The number of anilines is 1. The van der Waals surface area contributed by atoms with E-state index in [1.165, 1.54) is 22.4 Å². The molecule has 5 heterocycles. The third-order valence-electron chi connectivity index (χ3n) is 7.21. The van der Waals surface area contributed by atoms with E-state index in [1.807, 2.05) is 17.5 Å². The van der Waals surface area contributed by atoms with Gasteiger partial charge in [0.2, 0.25) is 0 Å². The fraction of sp³-hybridized carbons (Fsp3) is 0.462. The van der Waals surface area contributed by atoms with Crippen molar-refractivity contribution >= 4 is 38.3 Å².